The molecule has 132 valence electrons. The summed E-state index contributed by atoms with van der Waals surface area (Å²) in [5, 5.41) is 66.9. The van der Waals surface area contributed by atoms with Gasteiger partial charge in [-0.25, -0.2) is 34.5 Å². The molecule has 0 amide bonds. The lowest BCUT2D eigenvalue weighted by atomic mass is 10.5. The van der Waals surface area contributed by atoms with Crippen molar-refractivity contribution in [1.29, 1.82) is 0 Å². The van der Waals surface area contributed by atoms with Crippen LogP contribution in [0.4, 0.5) is 13.6 Å². The summed E-state index contributed by atoms with van der Waals surface area (Å²) in [5.74, 6) is -8.40. The van der Waals surface area contributed by atoms with Crippen molar-refractivity contribution >= 4 is 6.16 Å². The molecule has 0 rings (SSSR count). The summed E-state index contributed by atoms with van der Waals surface area (Å²) in [7, 11) is 0. The number of carbonyl (C=O) groups excluding carboxylic acids is 1. The Hall–Kier alpha value is -1.35. The van der Waals surface area contributed by atoms with Crippen LogP contribution in [0.3, 0.4) is 0 Å². The van der Waals surface area contributed by atoms with Gasteiger partial charge in [0.15, 0.2) is 13.2 Å². The van der Waals surface area contributed by atoms with Gasteiger partial charge in [0.25, 0.3) is 11.8 Å². The molecule has 0 aliphatic heterocycles. The molecule has 0 unspecified atom stereocenters. The molecule has 4 N–H and O–H groups in total. The minimum atomic E-state index is -4.20. The predicted octanol–water partition coefficient (Wildman–Crippen LogP) is -0.858. The van der Waals surface area contributed by atoms with Crippen LogP contribution in [0.5, 0.6) is 0 Å². The first-order chi connectivity index (χ1) is 9.87. The van der Waals surface area contributed by atoms with Crippen molar-refractivity contribution in [2.75, 3.05) is 13.2 Å². The average molecular weight is 338 g/mol. The van der Waals surface area contributed by atoms with Crippen molar-refractivity contribution in [2.24, 2.45) is 0 Å². The molecule has 0 radical (unpaired) electrons. The van der Waals surface area contributed by atoms with Gasteiger partial charge < -0.3 is 51.1 Å². The lowest BCUT2D eigenvalue weighted by molar-refractivity contribution is -0.339. The molecule has 0 aromatic heterocycles. The minimum absolute atomic E-state index is 1.73. The zero-order valence-electron chi connectivity index (χ0n) is 10.1. The normalized spacial score (nSPS) is 13.4. The Labute approximate surface area is 118 Å². The third kappa shape index (κ3) is 4.84. The first-order valence-corrected chi connectivity index (χ1v) is 4.70. The smallest absolute Gasteiger partial charge is 0.508 e. The molecule has 0 bridgehead atoms. The highest BCUT2D eigenvalue weighted by Crippen LogP contribution is 2.20. The highest BCUT2D eigenvalue weighted by atomic mass is 19.2. The number of ether oxygens (including phenoxy) is 2. The van der Waals surface area contributed by atoms with Crippen LogP contribution in [-0.4, -0.2) is 72.9 Å². The van der Waals surface area contributed by atoms with Gasteiger partial charge in [-0.2, -0.15) is 0 Å². The van der Waals surface area contributed by atoms with Crippen LogP contribution < -0.4 is 0 Å². The molecule has 0 atom stereocenters. The molecule has 17 heteroatoms. The first-order valence-electron chi connectivity index (χ1n) is 4.70. The van der Waals surface area contributed by atoms with Gasteiger partial charge in [-0.05, 0) is 0 Å². The Kier molecular flexibility index (Phi) is 7.30. The molecule has 0 heterocycles. The van der Waals surface area contributed by atoms with E-state index in [-0.39, 0.29) is 0 Å². The second-order valence-corrected chi connectivity index (χ2v) is 3.36. The summed E-state index contributed by atoms with van der Waals surface area (Å²) < 4.78 is 33.9. The number of hydrogen-bond donors (Lipinski definition) is 4. The number of hydrogen-bond acceptors (Lipinski definition) is 15. The Bertz CT molecular complexity index is 320. The lowest BCUT2D eigenvalue weighted by Gasteiger charge is -2.44. The topological polar surface area (TPSA) is 222 Å². The SMILES string of the molecule is O=C(OCC(F)(N([O-])O)N([O-])O)OCC(F)(N([O-])O)N([O-])O. The van der Waals surface area contributed by atoms with E-state index < -0.39 is 52.1 Å². The second kappa shape index (κ2) is 7.77. The fraction of sp³-hybridized carbons (Fsp3) is 0.800. The number of rotatable bonds is 8. The third-order valence-electron chi connectivity index (χ3n) is 1.92. The van der Waals surface area contributed by atoms with Crippen LogP contribution in [0.1, 0.15) is 0 Å². The molecule has 22 heavy (non-hydrogen) atoms. The van der Waals surface area contributed by atoms with E-state index >= 15 is 0 Å². The van der Waals surface area contributed by atoms with E-state index in [2.05, 4.69) is 9.47 Å². The Morgan fingerprint density at radius 3 is 1.23 bits per heavy atom. The molecule has 0 fully saturated rings. The minimum Gasteiger partial charge on any atom is -0.759 e. The number of halogens is 2. The Morgan fingerprint density at radius 2 is 1.05 bits per heavy atom. The van der Waals surface area contributed by atoms with E-state index in [9.17, 15) is 34.4 Å². The van der Waals surface area contributed by atoms with Crippen LogP contribution in [-0.2, 0) is 9.47 Å². The van der Waals surface area contributed by atoms with Crippen molar-refractivity contribution in [1.82, 2.24) is 20.9 Å². The summed E-state index contributed by atoms with van der Waals surface area (Å²) >= 11 is 0. The summed E-state index contributed by atoms with van der Waals surface area (Å²) in [6.45, 7) is -3.93. The maximum absolute atomic E-state index is 13.3. The van der Waals surface area contributed by atoms with Gasteiger partial charge in [-0.15, -0.1) is 0 Å². The molecular formula is C5H8F2N4O11-4. The van der Waals surface area contributed by atoms with E-state index in [0.717, 1.165) is 0 Å². The van der Waals surface area contributed by atoms with Gasteiger partial charge in [0.1, 0.15) is 0 Å². The largest absolute Gasteiger partial charge is 0.759 e. The molecule has 0 aliphatic carbocycles. The zero-order chi connectivity index (χ0) is 17.7. The molecule has 0 aromatic carbocycles. The van der Waals surface area contributed by atoms with Crippen molar-refractivity contribution in [2.45, 2.75) is 11.8 Å². The summed E-state index contributed by atoms with van der Waals surface area (Å²) in [6.07, 6.45) is -2.13. The summed E-state index contributed by atoms with van der Waals surface area (Å²) in [5.41, 5.74) is 0. The number of carbonyl (C=O) groups is 1. The quantitative estimate of drug-likeness (QED) is 0.183. The molecule has 0 saturated heterocycles. The van der Waals surface area contributed by atoms with Gasteiger partial charge in [-0.1, -0.05) is 0 Å². The van der Waals surface area contributed by atoms with Gasteiger partial charge in [-0.3, -0.25) is 0 Å². The molecular weight excluding hydrogens is 330 g/mol. The predicted molar refractivity (Wildman–Crippen MR) is 52.9 cm³/mol. The zero-order valence-corrected chi connectivity index (χ0v) is 10.1. The van der Waals surface area contributed by atoms with Crippen LogP contribution in [0.15, 0.2) is 0 Å². The van der Waals surface area contributed by atoms with Gasteiger partial charge >= 0.3 is 6.16 Å². The fourth-order valence-corrected chi connectivity index (χ4v) is 0.710. The van der Waals surface area contributed by atoms with Crippen LogP contribution >= 0.6 is 0 Å². The van der Waals surface area contributed by atoms with Crippen molar-refractivity contribution < 1.29 is 43.9 Å². The maximum atomic E-state index is 13.3. The molecule has 0 spiro atoms. The molecule has 15 nitrogen and oxygen atoms in total. The summed E-state index contributed by atoms with van der Waals surface area (Å²) in [4.78, 5) is 10.8. The van der Waals surface area contributed by atoms with Crippen molar-refractivity contribution in [3.63, 3.8) is 0 Å². The average Bonchev–Trinajstić information content (AvgIpc) is 2.40. The Morgan fingerprint density at radius 1 is 0.818 bits per heavy atom. The van der Waals surface area contributed by atoms with E-state index in [1.54, 1.807) is 0 Å². The summed E-state index contributed by atoms with van der Waals surface area (Å²) in [6, 6.07) is 0. The molecule has 0 saturated carbocycles. The number of hydroxylamine groups is 8. The monoisotopic (exact) mass is 338 g/mol. The van der Waals surface area contributed by atoms with Crippen LogP contribution in [0.2, 0.25) is 0 Å². The Balaban J connectivity index is 4.59. The second-order valence-electron chi connectivity index (χ2n) is 3.36. The van der Waals surface area contributed by atoms with Crippen LogP contribution in [0.25, 0.3) is 0 Å². The van der Waals surface area contributed by atoms with Gasteiger partial charge in [0.05, 0.1) is 0 Å². The van der Waals surface area contributed by atoms with Gasteiger partial charge in [0.2, 0.25) is 0 Å². The van der Waals surface area contributed by atoms with Gasteiger partial charge in [0, 0.05) is 0 Å². The molecule has 0 aliphatic rings. The standard InChI is InChI=1S/C5H8F2N4O11/c6-4(8(13)14,9(15)16)1-21-3(12)22-2-5(7,10(17)18)11(19)20/h13,15,17,19H,1-2H2/q-4. The highest BCUT2D eigenvalue weighted by Gasteiger charge is 2.38. The molecule has 0 aromatic rings. The number of alkyl halides is 2. The van der Waals surface area contributed by atoms with E-state index in [4.69, 9.17) is 20.8 Å². The maximum Gasteiger partial charge on any atom is 0.508 e. The van der Waals surface area contributed by atoms with E-state index in [1.807, 2.05) is 0 Å². The van der Waals surface area contributed by atoms with Crippen molar-refractivity contribution in [3.05, 3.63) is 20.8 Å². The van der Waals surface area contributed by atoms with Crippen LogP contribution in [0, 0.1) is 20.8 Å². The first kappa shape index (κ1) is 20.6. The number of nitrogens with zero attached hydrogens (tertiary/aromatic N) is 4. The van der Waals surface area contributed by atoms with E-state index in [1.165, 1.54) is 0 Å². The third-order valence-corrected chi connectivity index (χ3v) is 1.92. The van der Waals surface area contributed by atoms with E-state index in [0.29, 0.717) is 0 Å². The highest BCUT2D eigenvalue weighted by molar-refractivity contribution is 5.59. The lowest BCUT2D eigenvalue weighted by Crippen LogP contribution is -2.55. The fourth-order valence-electron chi connectivity index (χ4n) is 0.710. The van der Waals surface area contributed by atoms with Crippen molar-refractivity contribution in [3.8, 4) is 0 Å².